The first-order chi connectivity index (χ1) is 15.7. The fourth-order valence-corrected chi connectivity index (χ4v) is 5.53. The molecule has 0 spiro atoms. The second-order valence-corrected chi connectivity index (χ2v) is 10.1. The third kappa shape index (κ3) is 5.27. The number of carbonyl (C=O) groups is 2. The molecular weight excluding hydrogens is 420 g/mol. The molecule has 1 saturated heterocycles. The van der Waals surface area contributed by atoms with Gasteiger partial charge in [0.25, 0.3) is 0 Å². The number of carbonyl (C=O) groups excluding carboxylic acids is 1. The van der Waals surface area contributed by atoms with E-state index < -0.39 is 17.0 Å². The maximum Gasteiger partial charge on any atom is 0.303 e. The smallest absolute Gasteiger partial charge is 0.303 e. The van der Waals surface area contributed by atoms with Crippen LogP contribution < -0.4 is 4.90 Å². The van der Waals surface area contributed by atoms with Crippen molar-refractivity contribution in [1.82, 2.24) is 14.9 Å². The van der Waals surface area contributed by atoms with Gasteiger partial charge >= 0.3 is 5.97 Å². The molecule has 8 nitrogen and oxygen atoms in total. The number of amides is 1. The molecule has 3 heterocycles. The third-order valence-corrected chi connectivity index (χ3v) is 7.41. The van der Waals surface area contributed by atoms with Crippen molar-refractivity contribution in [3.8, 4) is 0 Å². The Balaban J connectivity index is 1.38. The SMILES string of the molecule is Cc1ccc2nccc(N3CCC(O)(CN(C)C(=O)CC4(CC(=O)O)CCCC4)CC3)c2n1. The van der Waals surface area contributed by atoms with Crippen LogP contribution in [-0.4, -0.2) is 69.2 Å². The van der Waals surface area contributed by atoms with Gasteiger partial charge in [-0.05, 0) is 56.2 Å². The summed E-state index contributed by atoms with van der Waals surface area (Å²) in [6, 6.07) is 5.90. The lowest BCUT2D eigenvalue weighted by atomic mass is 9.79. The highest BCUT2D eigenvalue weighted by Gasteiger charge is 2.40. The summed E-state index contributed by atoms with van der Waals surface area (Å²) >= 11 is 0. The molecule has 0 atom stereocenters. The number of aliphatic hydroxyl groups is 1. The number of carboxylic acids is 1. The summed E-state index contributed by atoms with van der Waals surface area (Å²) < 4.78 is 0. The number of aromatic nitrogens is 2. The highest BCUT2D eigenvalue weighted by Crippen LogP contribution is 2.44. The van der Waals surface area contributed by atoms with E-state index in [1.807, 2.05) is 25.1 Å². The fraction of sp³-hybridized carbons (Fsp3) is 0.600. The fourth-order valence-electron chi connectivity index (χ4n) is 5.53. The number of hydrogen-bond acceptors (Lipinski definition) is 6. The number of likely N-dealkylation sites (N-methyl/N-ethyl adjacent to an activating group) is 1. The van der Waals surface area contributed by atoms with Crippen LogP contribution in [0.4, 0.5) is 5.69 Å². The Kier molecular flexibility index (Phi) is 6.56. The van der Waals surface area contributed by atoms with E-state index in [9.17, 15) is 19.8 Å². The molecule has 2 aliphatic rings. The molecule has 1 aliphatic carbocycles. The Hall–Kier alpha value is -2.74. The predicted octanol–water partition coefficient (Wildman–Crippen LogP) is 3.15. The molecule has 2 N–H and O–H groups in total. The van der Waals surface area contributed by atoms with Crippen LogP contribution in [0, 0.1) is 12.3 Å². The first kappa shape index (κ1) is 23.4. The normalized spacial score (nSPS) is 19.5. The zero-order chi connectivity index (χ0) is 23.6. The standard InChI is InChI=1S/C25H34N4O4/c1-18-5-6-19-23(27-18)20(7-12-26-19)29-13-10-25(33,11-14-29)17-28(2)21(30)15-24(16-22(31)32)8-3-4-9-24/h5-7,12,33H,3-4,8-11,13-17H2,1-2H3,(H,31,32). The quantitative estimate of drug-likeness (QED) is 0.662. The van der Waals surface area contributed by atoms with Crippen LogP contribution in [-0.2, 0) is 9.59 Å². The van der Waals surface area contributed by atoms with Gasteiger partial charge in [-0.25, -0.2) is 4.98 Å². The Morgan fingerprint density at radius 2 is 1.79 bits per heavy atom. The summed E-state index contributed by atoms with van der Waals surface area (Å²) in [6.45, 7) is 3.55. The van der Waals surface area contributed by atoms with Crippen molar-refractivity contribution in [2.45, 2.75) is 63.9 Å². The minimum absolute atomic E-state index is 0.0409. The maximum absolute atomic E-state index is 13.0. The summed E-state index contributed by atoms with van der Waals surface area (Å²) in [5, 5.41) is 20.6. The van der Waals surface area contributed by atoms with Crippen molar-refractivity contribution in [3.05, 3.63) is 30.1 Å². The third-order valence-electron chi connectivity index (χ3n) is 7.41. The maximum atomic E-state index is 13.0. The van der Waals surface area contributed by atoms with Gasteiger partial charge < -0.3 is 20.0 Å². The number of aliphatic carboxylic acids is 1. The molecule has 2 fully saturated rings. The lowest BCUT2D eigenvalue weighted by Crippen LogP contribution is -2.51. The van der Waals surface area contributed by atoms with Gasteiger partial charge in [0.15, 0.2) is 0 Å². The summed E-state index contributed by atoms with van der Waals surface area (Å²) in [4.78, 5) is 37.2. The van der Waals surface area contributed by atoms with Crippen LogP contribution in [0.25, 0.3) is 11.0 Å². The summed E-state index contributed by atoms with van der Waals surface area (Å²) in [5.74, 6) is -0.916. The summed E-state index contributed by atoms with van der Waals surface area (Å²) in [5.41, 5.74) is 2.29. The van der Waals surface area contributed by atoms with Gasteiger partial charge in [0.2, 0.25) is 5.91 Å². The first-order valence-corrected chi connectivity index (χ1v) is 11.8. The van der Waals surface area contributed by atoms with Crippen molar-refractivity contribution < 1.29 is 19.8 Å². The number of nitrogens with zero attached hydrogens (tertiary/aromatic N) is 4. The van der Waals surface area contributed by atoms with Crippen LogP contribution in [0.2, 0.25) is 0 Å². The minimum Gasteiger partial charge on any atom is -0.481 e. The van der Waals surface area contributed by atoms with Gasteiger partial charge in [-0.3, -0.25) is 14.6 Å². The minimum atomic E-state index is -0.956. The van der Waals surface area contributed by atoms with E-state index in [0.717, 1.165) is 48.1 Å². The molecule has 8 heteroatoms. The highest BCUT2D eigenvalue weighted by molar-refractivity contribution is 5.88. The molecule has 1 amide bonds. The largest absolute Gasteiger partial charge is 0.481 e. The second-order valence-electron chi connectivity index (χ2n) is 10.1. The average Bonchev–Trinajstić information content (AvgIpc) is 3.20. The van der Waals surface area contributed by atoms with Crippen molar-refractivity contribution in [1.29, 1.82) is 0 Å². The van der Waals surface area contributed by atoms with Crippen molar-refractivity contribution in [2.75, 3.05) is 31.6 Å². The lowest BCUT2D eigenvalue weighted by Gasteiger charge is -2.41. The molecule has 33 heavy (non-hydrogen) atoms. The van der Waals surface area contributed by atoms with Gasteiger partial charge in [-0.15, -0.1) is 0 Å². The lowest BCUT2D eigenvalue weighted by molar-refractivity contribution is -0.142. The second kappa shape index (κ2) is 9.25. The summed E-state index contributed by atoms with van der Waals surface area (Å²) in [6.07, 6.45) is 6.67. The average molecular weight is 455 g/mol. The Bertz CT molecular complexity index is 1030. The molecule has 4 rings (SSSR count). The molecule has 0 radical (unpaired) electrons. The number of anilines is 1. The topological polar surface area (TPSA) is 107 Å². The Labute approximate surface area is 194 Å². The van der Waals surface area contributed by atoms with E-state index in [2.05, 4.69) is 14.9 Å². The monoisotopic (exact) mass is 454 g/mol. The number of rotatable bonds is 7. The van der Waals surface area contributed by atoms with E-state index >= 15 is 0 Å². The molecular formula is C25H34N4O4. The Morgan fingerprint density at radius 3 is 2.45 bits per heavy atom. The van der Waals surface area contributed by atoms with Gasteiger partial charge in [-0.1, -0.05) is 12.8 Å². The molecule has 0 unspecified atom stereocenters. The molecule has 1 aliphatic heterocycles. The number of hydrogen-bond donors (Lipinski definition) is 2. The van der Waals surface area contributed by atoms with E-state index in [-0.39, 0.29) is 25.3 Å². The number of carboxylic acid groups (broad SMARTS) is 1. The van der Waals surface area contributed by atoms with Crippen LogP contribution >= 0.6 is 0 Å². The van der Waals surface area contributed by atoms with Crippen LogP contribution in [0.15, 0.2) is 24.4 Å². The zero-order valence-corrected chi connectivity index (χ0v) is 19.6. The first-order valence-electron chi connectivity index (χ1n) is 11.8. The highest BCUT2D eigenvalue weighted by atomic mass is 16.4. The van der Waals surface area contributed by atoms with Crippen LogP contribution in [0.1, 0.15) is 57.1 Å². The molecule has 0 aromatic carbocycles. The van der Waals surface area contributed by atoms with E-state index in [1.165, 1.54) is 0 Å². The molecule has 2 aromatic heterocycles. The van der Waals surface area contributed by atoms with Crippen molar-refractivity contribution in [2.24, 2.45) is 5.41 Å². The number of pyridine rings is 2. The molecule has 1 saturated carbocycles. The number of aryl methyl sites for hydroxylation is 1. The van der Waals surface area contributed by atoms with Crippen LogP contribution in [0.5, 0.6) is 0 Å². The number of piperidine rings is 1. The summed E-state index contributed by atoms with van der Waals surface area (Å²) in [7, 11) is 1.72. The van der Waals surface area contributed by atoms with E-state index in [4.69, 9.17) is 0 Å². The van der Waals surface area contributed by atoms with E-state index in [1.54, 1.807) is 18.1 Å². The molecule has 2 aromatic rings. The number of fused-ring (bicyclic) bond motifs is 1. The van der Waals surface area contributed by atoms with Crippen molar-refractivity contribution in [3.63, 3.8) is 0 Å². The van der Waals surface area contributed by atoms with Crippen molar-refractivity contribution >= 4 is 28.6 Å². The molecule has 0 bridgehead atoms. The molecule has 178 valence electrons. The van der Waals surface area contributed by atoms with Gasteiger partial charge in [0.1, 0.15) is 5.52 Å². The van der Waals surface area contributed by atoms with Crippen LogP contribution in [0.3, 0.4) is 0 Å². The zero-order valence-electron chi connectivity index (χ0n) is 19.6. The van der Waals surface area contributed by atoms with Gasteiger partial charge in [-0.2, -0.15) is 0 Å². The predicted molar refractivity (Wildman–Crippen MR) is 126 cm³/mol. The Morgan fingerprint density at radius 1 is 1.09 bits per heavy atom. The van der Waals surface area contributed by atoms with Gasteiger partial charge in [0.05, 0.1) is 23.2 Å². The van der Waals surface area contributed by atoms with E-state index in [0.29, 0.717) is 25.9 Å². The van der Waals surface area contributed by atoms with Gasteiger partial charge in [0, 0.05) is 45.0 Å².